The fraction of sp³-hybridized carbons (Fsp3) is 0.417. The van der Waals surface area contributed by atoms with Crippen LogP contribution < -0.4 is 10.6 Å². The molecule has 2 amide bonds. The van der Waals surface area contributed by atoms with Crippen molar-refractivity contribution in [1.82, 2.24) is 10.2 Å². The predicted octanol–water partition coefficient (Wildman–Crippen LogP) is 1.54. The second-order valence-electron chi connectivity index (χ2n) is 3.96. The number of likely N-dealkylation sites (N-methyl/N-ethyl adjacent to an activating group) is 1. The van der Waals surface area contributed by atoms with Crippen molar-refractivity contribution in [1.29, 1.82) is 0 Å². The second kappa shape index (κ2) is 6.12. The number of nitrogens with zero attached hydrogens (tertiary/aromatic N) is 1. The van der Waals surface area contributed by atoms with Crippen molar-refractivity contribution < 1.29 is 4.79 Å². The molecule has 2 N–H and O–H groups in total. The SMILES string of the molecule is CNC(=O)Nc1cccc(CCN(C)C)c1. The first-order chi connectivity index (χ1) is 7.61. The predicted molar refractivity (Wildman–Crippen MR) is 66.8 cm³/mol. The van der Waals surface area contributed by atoms with E-state index in [-0.39, 0.29) is 6.03 Å². The highest BCUT2D eigenvalue weighted by atomic mass is 16.2. The molecule has 0 fully saturated rings. The van der Waals surface area contributed by atoms with Crippen LogP contribution in [0, 0.1) is 0 Å². The first-order valence-corrected chi connectivity index (χ1v) is 5.34. The molecule has 1 rings (SSSR count). The molecule has 0 heterocycles. The maximum atomic E-state index is 11.1. The summed E-state index contributed by atoms with van der Waals surface area (Å²) in [6, 6.07) is 7.71. The number of nitrogens with one attached hydrogen (secondary N) is 2. The molecule has 0 aromatic heterocycles. The minimum atomic E-state index is -0.190. The number of amides is 2. The van der Waals surface area contributed by atoms with Gasteiger partial charge in [0.25, 0.3) is 0 Å². The number of hydrogen-bond acceptors (Lipinski definition) is 2. The molecule has 0 unspecified atom stereocenters. The molecule has 1 aromatic rings. The van der Waals surface area contributed by atoms with Crippen molar-refractivity contribution in [2.75, 3.05) is 33.0 Å². The summed E-state index contributed by atoms with van der Waals surface area (Å²) in [4.78, 5) is 13.3. The average Bonchev–Trinajstić information content (AvgIpc) is 2.26. The largest absolute Gasteiger partial charge is 0.341 e. The third kappa shape index (κ3) is 4.31. The summed E-state index contributed by atoms with van der Waals surface area (Å²) in [6.45, 7) is 1.00. The highest BCUT2D eigenvalue weighted by Gasteiger charge is 2.00. The lowest BCUT2D eigenvalue weighted by molar-refractivity contribution is 0.254. The van der Waals surface area contributed by atoms with Gasteiger partial charge < -0.3 is 15.5 Å². The van der Waals surface area contributed by atoms with E-state index >= 15 is 0 Å². The van der Waals surface area contributed by atoms with Gasteiger partial charge in [0.2, 0.25) is 0 Å². The van der Waals surface area contributed by atoms with Crippen molar-refractivity contribution in [3.8, 4) is 0 Å². The van der Waals surface area contributed by atoms with Gasteiger partial charge in [-0.2, -0.15) is 0 Å². The van der Waals surface area contributed by atoms with Gasteiger partial charge in [0.05, 0.1) is 0 Å². The van der Waals surface area contributed by atoms with Crippen LogP contribution in [0.2, 0.25) is 0 Å². The zero-order valence-electron chi connectivity index (χ0n) is 10.1. The fourth-order valence-electron chi connectivity index (χ4n) is 1.35. The van der Waals surface area contributed by atoms with Gasteiger partial charge in [-0.3, -0.25) is 0 Å². The molecule has 1 aromatic carbocycles. The van der Waals surface area contributed by atoms with E-state index in [2.05, 4.69) is 21.6 Å². The summed E-state index contributed by atoms with van der Waals surface area (Å²) >= 11 is 0. The normalized spacial score (nSPS) is 10.2. The molecular weight excluding hydrogens is 202 g/mol. The highest BCUT2D eigenvalue weighted by molar-refractivity contribution is 5.89. The van der Waals surface area contributed by atoms with E-state index in [0.717, 1.165) is 18.7 Å². The van der Waals surface area contributed by atoms with Crippen LogP contribution in [-0.2, 0) is 6.42 Å². The van der Waals surface area contributed by atoms with Crippen molar-refractivity contribution in [2.24, 2.45) is 0 Å². The summed E-state index contributed by atoms with van der Waals surface area (Å²) in [5, 5.41) is 5.28. The van der Waals surface area contributed by atoms with Crippen molar-refractivity contribution in [2.45, 2.75) is 6.42 Å². The van der Waals surface area contributed by atoms with Gasteiger partial charge >= 0.3 is 6.03 Å². The molecule has 0 spiro atoms. The van der Waals surface area contributed by atoms with Crippen molar-refractivity contribution >= 4 is 11.7 Å². The Kier molecular flexibility index (Phi) is 4.79. The Morgan fingerprint density at radius 3 is 2.75 bits per heavy atom. The molecule has 4 heteroatoms. The Balaban J connectivity index is 2.60. The molecule has 0 saturated heterocycles. The molecule has 0 radical (unpaired) electrons. The Labute approximate surface area is 96.6 Å². The van der Waals surface area contributed by atoms with Gasteiger partial charge in [-0.1, -0.05) is 12.1 Å². The number of urea groups is 1. The van der Waals surface area contributed by atoms with E-state index in [1.54, 1.807) is 7.05 Å². The van der Waals surface area contributed by atoms with Crippen LogP contribution in [0.25, 0.3) is 0 Å². The van der Waals surface area contributed by atoms with Gasteiger partial charge in [0.1, 0.15) is 0 Å². The van der Waals surface area contributed by atoms with Crippen molar-refractivity contribution in [3.05, 3.63) is 29.8 Å². The van der Waals surface area contributed by atoms with Crippen LogP contribution in [0.3, 0.4) is 0 Å². The maximum Gasteiger partial charge on any atom is 0.318 e. The van der Waals surface area contributed by atoms with E-state index in [1.807, 2.05) is 32.3 Å². The summed E-state index contributed by atoms with van der Waals surface area (Å²) in [7, 11) is 5.70. The van der Waals surface area contributed by atoms with E-state index in [0.29, 0.717) is 0 Å². The Morgan fingerprint density at radius 1 is 1.38 bits per heavy atom. The summed E-state index contributed by atoms with van der Waals surface area (Å²) in [5.41, 5.74) is 2.05. The minimum absolute atomic E-state index is 0.190. The van der Waals surface area contributed by atoms with Crippen LogP contribution in [0.4, 0.5) is 10.5 Å². The first-order valence-electron chi connectivity index (χ1n) is 5.34. The zero-order valence-corrected chi connectivity index (χ0v) is 10.1. The van der Waals surface area contributed by atoms with Crippen LogP contribution in [0.15, 0.2) is 24.3 Å². The topological polar surface area (TPSA) is 44.4 Å². The first kappa shape index (κ1) is 12.5. The lowest BCUT2D eigenvalue weighted by atomic mass is 10.1. The zero-order chi connectivity index (χ0) is 12.0. The van der Waals surface area contributed by atoms with Crippen molar-refractivity contribution in [3.63, 3.8) is 0 Å². The molecule has 0 saturated carbocycles. The van der Waals surface area contributed by atoms with Crippen LogP contribution in [-0.4, -0.2) is 38.6 Å². The standard InChI is InChI=1S/C12H19N3O/c1-13-12(16)14-11-6-4-5-10(9-11)7-8-15(2)3/h4-6,9H,7-8H2,1-3H3,(H2,13,14,16). The van der Waals surface area contributed by atoms with Gasteiger partial charge in [0, 0.05) is 19.3 Å². The summed E-state index contributed by atoms with van der Waals surface area (Å²) in [6.07, 6.45) is 0.982. The Bertz CT molecular complexity index is 350. The number of anilines is 1. The average molecular weight is 221 g/mol. The number of carbonyl (C=O) groups is 1. The summed E-state index contributed by atoms with van der Waals surface area (Å²) < 4.78 is 0. The lowest BCUT2D eigenvalue weighted by Crippen LogP contribution is -2.24. The molecule has 88 valence electrons. The van der Waals surface area contributed by atoms with E-state index in [9.17, 15) is 4.79 Å². The third-order valence-corrected chi connectivity index (χ3v) is 2.26. The Morgan fingerprint density at radius 2 is 2.12 bits per heavy atom. The minimum Gasteiger partial charge on any atom is -0.341 e. The van der Waals surface area contributed by atoms with Crippen LogP contribution in [0.1, 0.15) is 5.56 Å². The number of hydrogen-bond donors (Lipinski definition) is 2. The summed E-state index contributed by atoms with van der Waals surface area (Å²) in [5.74, 6) is 0. The van der Waals surface area contributed by atoms with Gasteiger partial charge in [-0.15, -0.1) is 0 Å². The lowest BCUT2D eigenvalue weighted by Gasteiger charge is -2.10. The molecule has 16 heavy (non-hydrogen) atoms. The van der Waals surface area contributed by atoms with E-state index in [4.69, 9.17) is 0 Å². The Hall–Kier alpha value is -1.55. The van der Waals surface area contributed by atoms with Gasteiger partial charge in [0.15, 0.2) is 0 Å². The number of rotatable bonds is 4. The molecule has 0 aliphatic heterocycles. The van der Waals surface area contributed by atoms with Gasteiger partial charge in [-0.05, 0) is 38.2 Å². The molecule has 4 nitrogen and oxygen atoms in total. The number of carbonyl (C=O) groups excluding carboxylic acids is 1. The quantitative estimate of drug-likeness (QED) is 0.810. The van der Waals surface area contributed by atoms with E-state index < -0.39 is 0 Å². The van der Waals surface area contributed by atoms with E-state index in [1.165, 1.54) is 5.56 Å². The molecule has 0 atom stereocenters. The smallest absolute Gasteiger partial charge is 0.318 e. The van der Waals surface area contributed by atoms with Crippen LogP contribution >= 0.6 is 0 Å². The third-order valence-electron chi connectivity index (χ3n) is 2.26. The van der Waals surface area contributed by atoms with Crippen LogP contribution in [0.5, 0.6) is 0 Å². The molecule has 0 aliphatic rings. The monoisotopic (exact) mass is 221 g/mol. The fourth-order valence-corrected chi connectivity index (χ4v) is 1.35. The van der Waals surface area contributed by atoms with Gasteiger partial charge in [-0.25, -0.2) is 4.79 Å². The highest BCUT2D eigenvalue weighted by Crippen LogP contribution is 2.11. The maximum absolute atomic E-state index is 11.1. The number of benzene rings is 1. The second-order valence-corrected chi connectivity index (χ2v) is 3.96. The molecular formula is C12H19N3O. The molecule has 0 aliphatic carbocycles. The molecule has 0 bridgehead atoms.